The van der Waals surface area contributed by atoms with E-state index in [1.807, 2.05) is 12.1 Å². The number of pyridine rings is 1. The average Bonchev–Trinajstić information content (AvgIpc) is 3.09. The summed E-state index contributed by atoms with van der Waals surface area (Å²) in [4.78, 5) is 4.14. The first-order valence-corrected chi connectivity index (χ1v) is 8.80. The van der Waals surface area contributed by atoms with E-state index in [0.717, 1.165) is 18.4 Å². The quantitative estimate of drug-likeness (QED) is 0.817. The summed E-state index contributed by atoms with van der Waals surface area (Å²) < 4.78 is 32.1. The number of nitrogens with one attached hydrogen (secondary N) is 1. The molecule has 23 heavy (non-hydrogen) atoms. The molecule has 0 saturated carbocycles. The second-order valence-electron chi connectivity index (χ2n) is 5.42. The number of hydrogen-bond acceptors (Lipinski definition) is 6. The van der Waals surface area contributed by atoms with Gasteiger partial charge >= 0.3 is 0 Å². The Morgan fingerprint density at radius 2 is 2.35 bits per heavy atom. The Bertz CT molecular complexity index is 748. The molecule has 3 rings (SSSR count). The number of sulfonamides is 1. The molecule has 2 aromatic heterocycles. The lowest BCUT2D eigenvalue weighted by atomic mass is 10.1. The van der Waals surface area contributed by atoms with Crippen molar-refractivity contribution in [3.63, 3.8) is 0 Å². The molecule has 3 N–H and O–H groups in total. The second kappa shape index (κ2) is 6.65. The number of anilines is 1. The maximum absolute atomic E-state index is 12.5. The van der Waals surface area contributed by atoms with Crippen molar-refractivity contribution in [1.82, 2.24) is 19.5 Å². The Balaban J connectivity index is 1.62. The Kier molecular flexibility index (Phi) is 4.60. The largest absolute Gasteiger partial charge is 0.384 e. The molecule has 1 atom stereocenters. The van der Waals surface area contributed by atoms with Crippen molar-refractivity contribution < 1.29 is 13.2 Å². The number of nitrogens with zero attached hydrogens (tertiary/aromatic N) is 3. The molecule has 0 aromatic carbocycles. The van der Waals surface area contributed by atoms with Crippen LogP contribution in [-0.4, -0.2) is 53.7 Å². The smallest absolute Gasteiger partial charge is 0.246 e. The minimum absolute atomic E-state index is 0.139. The highest BCUT2D eigenvalue weighted by molar-refractivity contribution is 7.89. The lowest BCUT2D eigenvalue weighted by Gasteiger charge is -2.31. The van der Waals surface area contributed by atoms with Crippen LogP contribution in [0.1, 0.15) is 12.0 Å². The van der Waals surface area contributed by atoms with E-state index in [-0.39, 0.29) is 11.0 Å². The lowest BCUT2D eigenvalue weighted by molar-refractivity contribution is -0.00526. The zero-order valence-electron chi connectivity index (χ0n) is 12.6. The molecule has 1 aliphatic heterocycles. The van der Waals surface area contributed by atoms with Crippen LogP contribution in [0.3, 0.4) is 0 Å². The van der Waals surface area contributed by atoms with Crippen molar-refractivity contribution >= 4 is 15.8 Å². The fourth-order valence-corrected chi connectivity index (χ4v) is 3.96. The number of morpholine rings is 1. The van der Waals surface area contributed by atoms with Crippen LogP contribution in [0, 0.1) is 0 Å². The Hall–Kier alpha value is -1.97. The average molecular weight is 337 g/mol. The van der Waals surface area contributed by atoms with Crippen LogP contribution < -0.4 is 5.73 Å². The predicted octanol–water partition coefficient (Wildman–Crippen LogP) is 0.409. The molecular weight excluding hydrogens is 318 g/mol. The van der Waals surface area contributed by atoms with Gasteiger partial charge in [0.1, 0.15) is 10.7 Å². The molecule has 2 aromatic rings. The third-order valence-electron chi connectivity index (χ3n) is 3.81. The number of nitrogen functional groups attached to an aromatic ring is 1. The molecule has 0 radical (unpaired) electrons. The van der Waals surface area contributed by atoms with E-state index in [9.17, 15) is 8.42 Å². The lowest BCUT2D eigenvalue weighted by Crippen LogP contribution is -2.45. The van der Waals surface area contributed by atoms with Gasteiger partial charge in [-0.3, -0.25) is 5.10 Å². The van der Waals surface area contributed by atoms with Gasteiger partial charge in [-0.15, -0.1) is 0 Å². The molecule has 0 aliphatic carbocycles. The van der Waals surface area contributed by atoms with Gasteiger partial charge in [0.25, 0.3) is 0 Å². The number of aromatic amines is 1. The molecule has 1 saturated heterocycles. The van der Waals surface area contributed by atoms with Crippen molar-refractivity contribution in [2.45, 2.75) is 23.8 Å². The van der Waals surface area contributed by atoms with E-state index < -0.39 is 10.0 Å². The number of aryl methyl sites for hydroxylation is 1. The van der Waals surface area contributed by atoms with Gasteiger partial charge in [-0.2, -0.15) is 9.40 Å². The topological polar surface area (TPSA) is 114 Å². The summed E-state index contributed by atoms with van der Waals surface area (Å²) in [6.07, 6.45) is 5.72. The van der Waals surface area contributed by atoms with E-state index in [4.69, 9.17) is 10.5 Å². The second-order valence-corrected chi connectivity index (χ2v) is 7.36. The molecule has 1 aliphatic rings. The first kappa shape index (κ1) is 15.9. The van der Waals surface area contributed by atoms with Gasteiger partial charge in [0, 0.05) is 25.5 Å². The monoisotopic (exact) mass is 337 g/mol. The van der Waals surface area contributed by atoms with Gasteiger partial charge in [-0.1, -0.05) is 0 Å². The molecular formula is C14H19N5O3S. The maximum Gasteiger partial charge on any atom is 0.246 e. The van der Waals surface area contributed by atoms with Crippen LogP contribution in [-0.2, 0) is 21.2 Å². The number of nitrogens with two attached hydrogens (primary N) is 1. The summed E-state index contributed by atoms with van der Waals surface area (Å²) in [6, 6.07) is 3.72. The Morgan fingerprint density at radius 3 is 3.09 bits per heavy atom. The van der Waals surface area contributed by atoms with Crippen molar-refractivity contribution in [1.29, 1.82) is 0 Å². The Labute approximate surface area is 134 Å². The number of aromatic nitrogens is 3. The van der Waals surface area contributed by atoms with E-state index in [2.05, 4.69) is 15.2 Å². The molecule has 0 amide bonds. The molecule has 3 heterocycles. The number of H-pyrrole nitrogens is 1. The van der Waals surface area contributed by atoms with Gasteiger partial charge < -0.3 is 10.5 Å². The molecule has 0 spiro atoms. The van der Waals surface area contributed by atoms with Gasteiger partial charge in [0.15, 0.2) is 0 Å². The van der Waals surface area contributed by atoms with E-state index in [0.29, 0.717) is 25.5 Å². The summed E-state index contributed by atoms with van der Waals surface area (Å²) in [5.41, 5.74) is 6.73. The van der Waals surface area contributed by atoms with E-state index in [1.165, 1.54) is 16.7 Å². The first-order valence-electron chi connectivity index (χ1n) is 7.36. The van der Waals surface area contributed by atoms with Crippen LogP contribution in [0.5, 0.6) is 0 Å². The third-order valence-corrected chi connectivity index (χ3v) is 5.64. The number of ether oxygens (including phenoxy) is 1. The molecule has 1 unspecified atom stereocenters. The van der Waals surface area contributed by atoms with Crippen LogP contribution in [0.25, 0.3) is 0 Å². The van der Waals surface area contributed by atoms with Crippen molar-refractivity contribution in [3.8, 4) is 0 Å². The highest BCUT2D eigenvalue weighted by Crippen LogP contribution is 2.20. The summed E-state index contributed by atoms with van der Waals surface area (Å²) >= 11 is 0. The third kappa shape index (κ3) is 3.69. The molecule has 8 nitrogen and oxygen atoms in total. The predicted molar refractivity (Wildman–Crippen MR) is 84.1 cm³/mol. The van der Waals surface area contributed by atoms with E-state index >= 15 is 0 Å². The van der Waals surface area contributed by atoms with Crippen LogP contribution >= 0.6 is 0 Å². The van der Waals surface area contributed by atoms with Gasteiger partial charge in [0.2, 0.25) is 10.0 Å². The summed E-state index contributed by atoms with van der Waals surface area (Å²) in [7, 11) is -3.51. The standard InChI is InChI=1S/C14H19N5O3S/c15-14-7-11(3-4-16-14)1-2-12-10-19(5-6-22-12)23(20,21)13-8-17-18-9-13/h3-4,7-9,12H,1-2,5-6,10H2,(H2,15,16)(H,17,18). The van der Waals surface area contributed by atoms with Gasteiger partial charge in [-0.05, 0) is 30.5 Å². The molecule has 124 valence electrons. The summed E-state index contributed by atoms with van der Waals surface area (Å²) in [5, 5.41) is 6.24. The summed E-state index contributed by atoms with van der Waals surface area (Å²) in [5.74, 6) is 0.483. The highest BCUT2D eigenvalue weighted by atomic mass is 32.2. The van der Waals surface area contributed by atoms with Crippen molar-refractivity contribution in [3.05, 3.63) is 36.3 Å². The van der Waals surface area contributed by atoms with Crippen LogP contribution in [0.2, 0.25) is 0 Å². The van der Waals surface area contributed by atoms with Crippen LogP contribution in [0.4, 0.5) is 5.82 Å². The maximum atomic E-state index is 12.5. The summed E-state index contributed by atoms with van der Waals surface area (Å²) in [6.45, 7) is 1.08. The number of rotatable bonds is 5. The fourth-order valence-electron chi connectivity index (χ4n) is 2.59. The number of hydrogen-bond donors (Lipinski definition) is 2. The van der Waals surface area contributed by atoms with Crippen molar-refractivity contribution in [2.75, 3.05) is 25.4 Å². The molecule has 9 heteroatoms. The van der Waals surface area contributed by atoms with Gasteiger partial charge in [0.05, 0.1) is 18.9 Å². The van der Waals surface area contributed by atoms with Gasteiger partial charge in [-0.25, -0.2) is 13.4 Å². The fraction of sp³-hybridized carbons (Fsp3) is 0.429. The molecule has 1 fully saturated rings. The SMILES string of the molecule is Nc1cc(CCC2CN(S(=O)(=O)c3cn[nH]c3)CCO2)ccn1. The minimum atomic E-state index is -3.51. The minimum Gasteiger partial charge on any atom is -0.384 e. The van der Waals surface area contributed by atoms with Crippen LogP contribution in [0.15, 0.2) is 35.6 Å². The zero-order chi connectivity index (χ0) is 16.3. The normalized spacial score (nSPS) is 19.7. The van der Waals surface area contributed by atoms with E-state index in [1.54, 1.807) is 6.20 Å². The van der Waals surface area contributed by atoms with Crippen molar-refractivity contribution in [2.24, 2.45) is 0 Å². The highest BCUT2D eigenvalue weighted by Gasteiger charge is 2.31. The first-order chi connectivity index (χ1) is 11.1. The molecule has 0 bridgehead atoms. The Morgan fingerprint density at radius 1 is 1.48 bits per heavy atom. The zero-order valence-corrected chi connectivity index (χ0v) is 13.4.